The predicted molar refractivity (Wildman–Crippen MR) is 51.3 cm³/mol. The highest BCUT2D eigenvalue weighted by Crippen LogP contribution is 2.26. The molecule has 0 radical (unpaired) electrons. The van der Waals surface area contributed by atoms with Crippen molar-refractivity contribution in [3.63, 3.8) is 0 Å². The smallest absolute Gasteiger partial charge is 0.0678 e. The number of hydrogen-bond acceptors (Lipinski definition) is 2. The van der Waals surface area contributed by atoms with Crippen LogP contribution in [-0.2, 0) is 0 Å². The number of nitrogens with two attached hydrogens (primary N) is 1. The monoisotopic (exact) mass is 191 g/mol. The van der Waals surface area contributed by atoms with Gasteiger partial charge in [-0.15, -0.1) is 11.6 Å². The van der Waals surface area contributed by atoms with Crippen molar-refractivity contribution in [2.45, 2.75) is 44.2 Å². The molecule has 1 aliphatic rings. The zero-order valence-corrected chi connectivity index (χ0v) is 8.13. The minimum Gasteiger partial charge on any atom is -0.392 e. The molecule has 0 heterocycles. The molecule has 1 saturated carbocycles. The largest absolute Gasteiger partial charge is 0.392 e. The van der Waals surface area contributed by atoms with Crippen LogP contribution in [0.3, 0.4) is 0 Å². The summed E-state index contributed by atoms with van der Waals surface area (Å²) in [5.41, 5.74) is 5.77. The topological polar surface area (TPSA) is 46.2 Å². The summed E-state index contributed by atoms with van der Waals surface area (Å²) in [4.78, 5) is 0. The molecule has 0 aromatic carbocycles. The lowest BCUT2D eigenvalue weighted by molar-refractivity contribution is 0.146. The van der Waals surface area contributed by atoms with Crippen LogP contribution in [0, 0.1) is 5.92 Å². The molecule has 1 rings (SSSR count). The van der Waals surface area contributed by atoms with Gasteiger partial charge in [0.25, 0.3) is 0 Å². The zero-order valence-electron chi connectivity index (χ0n) is 7.38. The number of hydrogen-bond donors (Lipinski definition) is 2. The van der Waals surface area contributed by atoms with Gasteiger partial charge in [0.15, 0.2) is 0 Å². The molecule has 0 saturated heterocycles. The molecular formula is C9H18ClNO. The molecule has 1 atom stereocenters. The van der Waals surface area contributed by atoms with Crippen LogP contribution >= 0.6 is 11.6 Å². The fourth-order valence-corrected chi connectivity index (χ4v) is 2.00. The highest BCUT2D eigenvalue weighted by molar-refractivity contribution is 6.18. The van der Waals surface area contributed by atoms with E-state index >= 15 is 0 Å². The highest BCUT2D eigenvalue weighted by atomic mass is 35.5. The van der Waals surface area contributed by atoms with Gasteiger partial charge < -0.3 is 10.8 Å². The Morgan fingerprint density at radius 3 is 2.42 bits per heavy atom. The Hall–Kier alpha value is 0.210. The molecule has 3 N–H and O–H groups in total. The van der Waals surface area contributed by atoms with Gasteiger partial charge in [-0.05, 0) is 38.0 Å². The molecular weight excluding hydrogens is 174 g/mol. The molecule has 2 nitrogen and oxygen atoms in total. The second-order valence-corrected chi connectivity index (χ2v) is 4.13. The maximum atomic E-state index is 9.31. The van der Waals surface area contributed by atoms with E-state index in [-0.39, 0.29) is 6.10 Å². The van der Waals surface area contributed by atoms with E-state index in [4.69, 9.17) is 17.3 Å². The summed E-state index contributed by atoms with van der Waals surface area (Å²) in [6, 6.07) is 0.398. The average Bonchev–Trinajstić information content (AvgIpc) is 2.09. The lowest BCUT2D eigenvalue weighted by Gasteiger charge is -2.27. The van der Waals surface area contributed by atoms with Crippen molar-refractivity contribution < 1.29 is 5.11 Å². The molecule has 1 aliphatic carbocycles. The Balaban J connectivity index is 2.17. The molecule has 0 amide bonds. The molecule has 0 aromatic heterocycles. The summed E-state index contributed by atoms with van der Waals surface area (Å²) < 4.78 is 0. The average molecular weight is 192 g/mol. The quantitative estimate of drug-likeness (QED) is 0.665. The van der Waals surface area contributed by atoms with Crippen LogP contribution in [0.1, 0.15) is 32.1 Å². The SMILES string of the molecule is NC1CCC(CC(O)CCl)CC1. The summed E-state index contributed by atoms with van der Waals surface area (Å²) >= 11 is 5.53. The summed E-state index contributed by atoms with van der Waals surface area (Å²) in [6.07, 6.45) is 5.09. The molecule has 0 aliphatic heterocycles. The summed E-state index contributed by atoms with van der Waals surface area (Å²) in [7, 11) is 0. The molecule has 1 unspecified atom stereocenters. The number of aliphatic hydroxyl groups excluding tert-OH is 1. The van der Waals surface area contributed by atoms with Crippen molar-refractivity contribution in [2.75, 3.05) is 5.88 Å². The van der Waals surface area contributed by atoms with E-state index < -0.39 is 0 Å². The fourth-order valence-electron chi connectivity index (χ4n) is 1.87. The lowest BCUT2D eigenvalue weighted by Crippen LogP contribution is -2.28. The van der Waals surface area contributed by atoms with Crippen molar-refractivity contribution in [1.29, 1.82) is 0 Å². The van der Waals surface area contributed by atoms with E-state index in [1.54, 1.807) is 0 Å². The van der Waals surface area contributed by atoms with Crippen molar-refractivity contribution in [3.05, 3.63) is 0 Å². The number of alkyl halides is 1. The Bertz CT molecular complexity index is 124. The Labute approximate surface area is 79.1 Å². The van der Waals surface area contributed by atoms with Crippen LogP contribution in [0.2, 0.25) is 0 Å². The van der Waals surface area contributed by atoms with Crippen LogP contribution in [0.5, 0.6) is 0 Å². The van der Waals surface area contributed by atoms with Gasteiger partial charge in [-0.1, -0.05) is 0 Å². The van der Waals surface area contributed by atoms with Crippen LogP contribution in [0.4, 0.5) is 0 Å². The van der Waals surface area contributed by atoms with Gasteiger partial charge in [-0.2, -0.15) is 0 Å². The minimum atomic E-state index is -0.314. The van der Waals surface area contributed by atoms with Crippen LogP contribution < -0.4 is 5.73 Å². The molecule has 0 spiro atoms. The van der Waals surface area contributed by atoms with Crippen LogP contribution in [0.15, 0.2) is 0 Å². The first-order chi connectivity index (χ1) is 5.72. The molecule has 72 valence electrons. The van der Waals surface area contributed by atoms with Crippen LogP contribution in [0.25, 0.3) is 0 Å². The van der Waals surface area contributed by atoms with Crippen LogP contribution in [-0.4, -0.2) is 23.1 Å². The first-order valence-electron chi connectivity index (χ1n) is 4.72. The molecule has 1 fully saturated rings. The molecule has 0 bridgehead atoms. The number of rotatable bonds is 3. The van der Waals surface area contributed by atoms with Crippen molar-refractivity contribution in [1.82, 2.24) is 0 Å². The molecule has 12 heavy (non-hydrogen) atoms. The zero-order chi connectivity index (χ0) is 8.97. The Morgan fingerprint density at radius 1 is 1.33 bits per heavy atom. The summed E-state index contributed by atoms with van der Waals surface area (Å²) in [5, 5.41) is 9.31. The van der Waals surface area contributed by atoms with Gasteiger partial charge in [-0.3, -0.25) is 0 Å². The number of halogens is 1. The van der Waals surface area contributed by atoms with Gasteiger partial charge >= 0.3 is 0 Å². The lowest BCUT2D eigenvalue weighted by atomic mass is 9.83. The van der Waals surface area contributed by atoms with E-state index in [1.165, 1.54) is 0 Å². The van der Waals surface area contributed by atoms with E-state index in [1.807, 2.05) is 0 Å². The second kappa shape index (κ2) is 5.05. The van der Waals surface area contributed by atoms with E-state index in [0.29, 0.717) is 17.8 Å². The fraction of sp³-hybridized carbons (Fsp3) is 1.00. The van der Waals surface area contributed by atoms with Gasteiger partial charge in [0.2, 0.25) is 0 Å². The van der Waals surface area contributed by atoms with Crippen molar-refractivity contribution in [3.8, 4) is 0 Å². The van der Waals surface area contributed by atoms with Gasteiger partial charge in [0, 0.05) is 11.9 Å². The highest BCUT2D eigenvalue weighted by Gasteiger charge is 2.20. The minimum absolute atomic E-state index is 0.314. The third-order valence-electron chi connectivity index (χ3n) is 2.67. The Kier molecular flexibility index (Phi) is 4.33. The Morgan fingerprint density at radius 2 is 1.92 bits per heavy atom. The van der Waals surface area contributed by atoms with Gasteiger partial charge in [-0.25, -0.2) is 0 Å². The van der Waals surface area contributed by atoms with E-state index in [0.717, 1.165) is 32.1 Å². The van der Waals surface area contributed by atoms with Crippen molar-refractivity contribution in [2.24, 2.45) is 11.7 Å². The van der Waals surface area contributed by atoms with Gasteiger partial charge in [0.1, 0.15) is 0 Å². The maximum Gasteiger partial charge on any atom is 0.0678 e. The first-order valence-corrected chi connectivity index (χ1v) is 5.25. The predicted octanol–water partition coefficient (Wildman–Crippen LogP) is 1.49. The van der Waals surface area contributed by atoms with E-state index in [9.17, 15) is 5.11 Å². The van der Waals surface area contributed by atoms with Gasteiger partial charge in [0.05, 0.1) is 6.10 Å². The standard InChI is InChI=1S/C9H18ClNO/c10-6-9(12)5-7-1-3-8(11)4-2-7/h7-9,12H,1-6,11H2. The van der Waals surface area contributed by atoms with E-state index in [2.05, 4.69) is 0 Å². The summed E-state index contributed by atoms with van der Waals surface area (Å²) in [6.45, 7) is 0. The normalized spacial score (nSPS) is 33.2. The second-order valence-electron chi connectivity index (χ2n) is 3.82. The third kappa shape index (κ3) is 3.30. The number of aliphatic hydroxyl groups is 1. The molecule has 3 heteroatoms. The third-order valence-corrected chi connectivity index (χ3v) is 3.03. The molecule has 0 aromatic rings. The van der Waals surface area contributed by atoms with Crippen molar-refractivity contribution >= 4 is 11.6 Å². The summed E-state index contributed by atoms with van der Waals surface area (Å²) in [5.74, 6) is 1.02. The maximum absolute atomic E-state index is 9.31. The first kappa shape index (κ1) is 10.3.